The van der Waals surface area contributed by atoms with Gasteiger partial charge >= 0.3 is 6.09 Å². The van der Waals surface area contributed by atoms with Gasteiger partial charge in [-0.25, -0.2) is 4.79 Å². The summed E-state index contributed by atoms with van der Waals surface area (Å²) in [5, 5.41) is 2.08. The average molecular weight is 325 g/mol. The van der Waals surface area contributed by atoms with Crippen molar-refractivity contribution in [1.82, 2.24) is 4.90 Å². The Morgan fingerprint density at radius 1 is 1.41 bits per heavy atom. The number of hydrogen-bond acceptors (Lipinski definition) is 4. The predicted molar refractivity (Wildman–Crippen MR) is 89.2 cm³/mol. The summed E-state index contributed by atoms with van der Waals surface area (Å²) < 4.78 is 11.4. The maximum atomic E-state index is 12.0. The monoisotopic (exact) mass is 325 g/mol. The lowest BCUT2D eigenvalue weighted by Gasteiger charge is -2.33. The molecular weight excluding hydrogens is 298 g/mol. The fraction of sp³-hybridized carbons (Fsp3) is 0.706. The van der Waals surface area contributed by atoms with E-state index in [0.29, 0.717) is 5.92 Å². The Balaban J connectivity index is 1.70. The van der Waals surface area contributed by atoms with E-state index in [-0.39, 0.29) is 12.2 Å². The lowest BCUT2D eigenvalue weighted by atomic mass is 9.98. The molecule has 0 N–H and O–H groups in total. The largest absolute Gasteiger partial charge is 0.444 e. The summed E-state index contributed by atoms with van der Waals surface area (Å²) in [7, 11) is 0. The highest BCUT2D eigenvalue weighted by Gasteiger charge is 2.27. The third-order valence-corrected chi connectivity index (χ3v) is 4.83. The Morgan fingerprint density at radius 3 is 2.64 bits per heavy atom. The van der Waals surface area contributed by atoms with Gasteiger partial charge in [0.2, 0.25) is 0 Å². The number of carbonyl (C=O) groups excluding carboxylic acids is 1. The molecule has 2 rings (SSSR count). The molecule has 0 spiro atoms. The van der Waals surface area contributed by atoms with Crippen LogP contribution in [0.2, 0.25) is 0 Å². The molecule has 1 atom stereocenters. The molecule has 0 radical (unpaired) electrons. The number of amides is 1. The molecule has 1 fully saturated rings. The van der Waals surface area contributed by atoms with E-state index < -0.39 is 5.60 Å². The lowest BCUT2D eigenvalue weighted by molar-refractivity contribution is 0.00201. The van der Waals surface area contributed by atoms with Crippen molar-refractivity contribution in [1.29, 1.82) is 0 Å². The van der Waals surface area contributed by atoms with Gasteiger partial charge in [-0.3, -0.25) is 0 Å². The van der Waals surface area contributed by atoms with Crippen LogP contribution >= 0.6 is 11.3 Å². The maximum absolute atomic E-state index is 12.0. The zero-order chi connectivity index (χ0) is 16.2. The summed E-state index contributed by atoms with van der Waals surface area (Å²) in [4.78, 5) is 15.1. The highest BCUT2D eigenvalue weighted by molar-refractivity contribution is 7.10. The number of carbonyl (C=O) groups is 1. The van der Waals surface area contributed by atoms with Crippen LogP contribution < -0.4 is 0 Å². The molecule has 0 unspecified atom stereocenters. The van der Waals surface area contributed by atoms with Gasteiger partial charge in [0.1, 0.15) is 5.60 Å². The van der Waals surface area contributed by atoms with Crippen LogP contribution in [-0.2, 0) is 9.47 Å². The number of rotatable bonds is 4. The first kappa shape index (κ1) is 17.3. The molecule has 0 aliphatic carbocycles. The predicted octanol–water partition coefficient (Wildman–Crippen LogP) is 4.47. The lowest BCUT2D eigenvalue weighted by Crippen LogP contribution is -2.42. The Kier molecular flexibility index (Phi) is 5.87. The first-order valence-corrected chi connectivity index (χ1v) is 8.86. The van der Waals surface area contributed by atoms with E-state index in [2.05, 4.69) is 24.4 Å². The summed E-state index contributed by atoms with van der Waals surface area (Å²) in [6.45, 7) is 10.1. The van der Waals surface area contributed by atoms with Crippen LogP contribution in [0.3, 0.4) is 0 Å². The van der Waals surface area contributed by atoms with Crippen molar-refractivity contribution < 1.29 is 14.3 Å². The van der Waals surface area contributed by atoms with Gasteiger partial charge in [0, 0.05) is 18.0 Å². The molecule has 5 heteroatoms. The molecule has 2 heterocycles. The standard InChI is InChI=1S/C17H27NO3S/c1-13(15-6-5-11-22-15)20-12-14-7-9-18(10-8-14)16(19)21-17(2,3)4/h5-6,11,13-14H,7-10,12H2,1-4H3/t13-/m1/s1. The molecule has 1 amide bonds. The van der Waals surface area contributed by atoms with E-state index in [1.54, 1.807) is 11.3 Å². The van der Waals surface area contributed by atoms with Gasteiger partial charge < -0.3 is 14.4 Å². The van der Waals surface area contributed by atoms with Crippen molar-refractivity contribution in [2.24, 2.45) is 5.92 Å². The van der Waals surface area contributed by atoms with E-state index >= 15 is 0 Å². The number of likely N-dealkylation sites (tertiary alicyclic amines) is 1. The van der Waals surface area contributed by atoms with Crippen LogP contribution in [-0.4, -0.2) is 36.3 Å². The van der Waals surface area contributed by atoms with Gasteiger partial charge in [0.25, 0.3) is 0 Å². The fourth-order valence-corrected chi connectivity index (χ4v) is 3.22. The van der Waals surface area contributed by atoms with Crippen molar-refractivity contribution in [2.45, 2.75) is 52.2 Å². The van der Waals surface area contributed by atoms with E-state index in [0.717, 1.165) is 32.5 Å². The van der Waals surface area contributed by atoms with Crippen molar-refractivity contribution >= 4 is 17.4 Å². The van der Waals surface area contributed by atoms with Crippen molar-refractivity contribution in [2.75, 3.05) is 19.7 Å². The normalized spacial score (nSPS) is 18.3. The van der Waals surface area contributed by atoms with Crippen molar-refractivity contribution in [3.8, 4) is 0 Å². The van der Waals surface area contributed by atoms with E-state index in [9.17, 15) is 4.79 Å². The Bertz CT molecular complexity index is 459. The summed E-state index contributed by atoms with van der Waals surface area (Å²) in [6, 6.07) is 4.17. The van der Waals surface area contributed by atoms with E-state index in [1.165, 1.54) is 4.88 Å². The second-order valence-corrected chi connectivity index (χ2v) is 7.88. The molecule has 0 aromatic carbocycles. The van der Waals surface area contributed by atoms with E-state index in [4.69, 9.17) is 9.47 Å². The molecule has 1 aromatic heterocycles. The molecule has 1 aromatic rings. The van der Waals surface area contributed by atoms with Gasteiger partial charge in [0.05, 0.1) is 12.7 Å². The summed E-state index contributed by atoms with van der Waals surface area (Å²) in [5.74, 6) is 0.529. The number of thiophene rings is 1. The Morgan fingerprint density at radius 2 is 2.09 bits per heavy atom. The Hall–Kier alpha value is -1.07. The minimum absolute atomic E-state index is 0.156. The van der Waals surface area contributed by atoms with Gasteiger partial charge in [-0.05, 0) is 57.9 Å². The van der Waals surface area contributed by atoms with Crippen LogP contribution in [0.4, 0.5) is 4.79 Å². The third kappa shape index (κ3) is 5.29. The zero-order valence-electron chi connectivity index (χ0n) is 14.0. The SMILES string of the molecule is C[C@@H](OCC1CCN(C(=O)OC(C)(C)C)CC1)c1cccs1. The van der Waals surface area contributed by atoms with E-state index in [1.807, 2.05) is 25.7 Å². The van der Waals surface area contributed by atoms with Gasteiger partial charge in [0.15, 0.2) is 0 Å². The quantitative estimate of drug-likeness (QED) is 0.819. The minimum atomic E-state index is -0.423. The summed E-state index contributed by atoms with van der Waals surface area (Å²) >= 11 is 1.73. The number of nitrogens with zero attached hydrogens (tertiary/aromatic N) is 1. The van der Waals surface area contributed by atoms with Crippen LogP contribution in [0.25, 0.3) is 0 Å². The molecule has 0 saturated carbocycles. The molecule has 124 valence electrons. The molecule has 1 saturated heterocycles. The molecule has 1 aliphatic heterocycles. The van der Waals surface area contributed by atoms with Crippen LogP contribution in [0, 0.1) is 5.92 Å². The van der Waals surface area contributed by atoms with Gasteiger partial charge in [-0.2, -0.15) is 0 Å². The zero-order valence-corrected chi connectivity index (χ0v) is 14.8. The topological polar surface area (TPSA) is 38.8 Å². The molecule has 22 heavy (non-hydrogen) atoms. The van der Waals surface area contributed by atoms with Crippen LogP contribution in [0.1, 0.15) is 51.5 Å². The Labute approximate surface area is 137 Å². The third-order valence-electron chi connectivity index (χ3n) is 3.79. The highest BCUT2D eigenvalue weighted by atomic mass is 32.1. The average Bonchev–Trinajstić information content (AvgIpc) is 2.97. The van der Waals surface area contributed by atoms with Crippen LogP contribution in [0.5, 0.6) is 0 Å². The maximum Gasteiger partial charge on any atom is 0.410 e. The molecule has 0 bridgehead atoms. The first-order valence-electron chi connectivity index (χ1n) is 7.98. The second kappa shape index (κ2) is 7.47. The molecular formula is C17H27NO3S. The van der Waals surface area contributed by atoms with Crippen molar-refractivity contribution in [3.63, 3.8) is 0 Å². The number of ether oxygens (including phenoxy) is 2. The van der Waals surface area contributed by atoms with Crippen LogP contribution in [0.15, 0.2) is 17.5 Å². The first-order chi connectivity index (χ1) is 10.3. The summed E-state index contributed by atoms with van der Waals surface area (Å²) in [6.07, 6.45) is 1.93. The van der Waals surface area contributed by atoms with Gasteiger partial charge in [-0.1, -0.05) is 6.07 Å². The number of piperidine rings is 1. The number of hydrogen-bond donors (Lipinski definition) is 0. The second-order valence-electron chi connectivity index (χ2n) is 6.90. The molecule has 4 nitrogen and oxygen atoms in total. The van der Waals surface area contributed by atoms with Crippen molar-refractivity contribution in [3.05, 3.63) is 22.4 Å². The molecule has 1 aliphatic rings. The van der Waals surface area contributed by atoms with Gasteiger partial charge in [-0.15, -0.1) is 11.3 Å². The fourth-order valence-electron chi connectivity index (χ4n) is 2.49. The highest BCUT2D eigenvalue weighted by Crippen LogP contribution is 2.25. The minimum Gasteiger partial charge on any atom is -0.444 e. The smallest absolute Gasteiger partial charge is 0.410 e. The summed E-state index contributed by atoms with van der Waals surface area (Å²) in [5.41, 5.74) is -0.423.